The lowest BCUT2D eigenvalue weighted by Crippen LogP contribution is -2.45. The van der Waals surface area contributed by atoms with Crippen molar-refractivity contribution in [3.63, 3.8) is 0 Å². The minimum atomic E-state index is -0.492. The van der Waals surface area contributed by atoms with Crippen LogP contribution in [0.15, 0.2) is 63.5 Å². The maximum atomic E-state index is 12.0. The van der Waals surface area contributed by atoms with Crippen LogP contribution in [0.1, 0.15) is 26.3 Å². The predicted octanol–water partition coefficient (Wildman–Crippen LogP) is 5.27. The standard InChI is InChI=1S/C24H24Br2N2O4/c1-24(2,3)16-9-11-19(18(25)12-16)31-13-21(29)27-28-22(30)14-32-20-10-8-15-6-4-5-7-17(15)23(20)26/h4-12H,13-14H2,1-3H3,(H,27,29)(H,28,30). The van der Waals surface area contributed by atoms with Gasteiger partial charge >= 0.3 is 0 Å². The Bertz CT molecular complexity index is 1140. The summed E-state index contributed by atoms with van der Waals surface area (Å²) in [4.78, 5) is 24.1. The number of nitrogens with one attached hydrogen (secondary N) is 2. The Labute approximate surface area is 203 Å². The zero-order valence-electron chi connectivity index (χ0n) is 18.0. The fraction of sp³-hybridized carbons (Fsp3) is 0.250. The molecule has 0 fully saturated rings. The van der Waals surface area contributed by atoms with Crippen molar-refractivity contribution in [1.29, 1.82) is 0 Å². The van der Waals surface area contributed by atoms with Gasteiger partial charge in [-0.3, -0.25) is 20.4 Å². The number of benzene rings is 3. The van der Waals surface area contributed by atoms with E-state index in [2.05, 4.69) is 63.5 Å². The summed E-state index contributed by atoms with van der Waals surface area (Å²) in [6.45, 7) is 5.86. The van der Waals surface area contributed by atoms with Crippen molar-refractivity contribution in [3.8, 4) is 11.5 Å². The van der Waals surface area contributed by atoms with Crippen LogP contribution in [0, 0.1) is 0 Å². The van der Waals surface area contributed by atoms with Gasteiger partial charge in [0.1, 0.15) is 11.5 Å². The second-order valence-electron chi connectivity index (χ2n) is 8.17. The number of fused-ring (bicyclic) bond motifs is 1. The molecule has 3 rings (SSSR count). The number of carbonyl (C=O) groups is 2. The molecule has 0 aliphatic rings. The van der Waals surface area contributed by atoms with Crippen molar-refractivity contribution in [2.24, 2.45) is 0 Å². The van der Waals surface area contributed by atoms with E-state index in [1.54, 1.807) is 6.07 Å². The number of carbonyl (C=O) groups excluding carboxylic acids is 2. The number of hydrogen-bond donors (Lipinski definition) is 2. The third kappa shape index (κ3) is 6.23. The van der Waals surface area contributed by atoms with Crippen LogP contribution >= 0.6 is 31.9 Å². The molecule has 0 bridgehead atoms. The molecule has 3 aromatic carbocycles. The summed E-state index contributed by atoms with van der Waals surface area (Å²) in [6, 6.07) is 17.3. The minimum Gasteiger partial charge on any atom is -0.483 e. The second-order valence-corrected chi connectivity index (χ2v) is 9.82. The van der Waals surface area contributed by atoms with Crippen LogP contribution in [0.3, 0.4) is 0 Å². The van der Waals surface area contributed by atoms with E-state index in [4.69, 9.17) is 9.47 Å². The Balaban J connectivity index is 1.45. The highest BCUT2D eigenvalue weighted by Gasteiger charge is 2.16. The Morgan fingerprint density at radius 3 is 2.06 bits per heavy atom. The van der Waals surface area contributed by atoms with Crippen LogP contribution in [0.25, 0.3) is 10.8 Å². The number of ether oxygens (including phenoxy) is 2. The summed E-state index contributed by atoms with van der Waals surface area (Å²) in [5, 5.41) is 2.04. The monoisotopic (exact) mass is 562 g/mol. The van der Waals surface area contributed by atoms with Crippen LogP contribution in [0.4, 0.5) is 0 Å². The molecule has 0 atom stereocenters. The fourth-order valence-corrected chi connectivity index (χ4v) is 4.01. The Hall–Kier alpha value is -2.58. The maximum absolute atomic E-state index is 12.0. The predicted molar refractivity (Wildman–Crippen MR) is 132 cm³/mol. The van der Waals surface area contributed by atoms with Crippen molar-refractivity contribution in [1.82, 2.24) is 10.9 Å². The first-order chi connectivity index (χ1) is 15.1. The SMILES string of the molecule is CC(C)(C)c1ccc(OCC(=O)NNC(=O)COc2ccc3ccccc3c2Br)c(Br)c1. The fourth-order valence-electron chi connectivity index (χ4n) is 2.91. The van der Waals surface area contributed by atoms with Crippen LogP contribution in [0.5, 0.6) is 11.5 Å². The molecule has 8 heteroatoms. The minimum absolute atomic E-state index is 0.00716. The van der Waals surface area contributed by atoms with E-state index in [1.807, 2.05) is 48.5 Å². The van der Waals surface area contributed by atoms with Gasteiger partial charge in [-0.2, -0.15) is 0 Å². The van der Waals surface area contributed by atoms with Gasteiger partial charge in [-0.15, -0.1) is 0 Å². The lowest BCUT2D eigenvalue weighted by molar-refractivity contribution is -0.131. The third-order valence-corrected chi connectivity index (χ3v) is 6.12. The molecule has 3 aromatic rings. The van der Waals surface area contributed by atoms with E-state index in [1.165, 1.54) is 0 Å². The highest BCUT2D eigenvalue weighted by Crippen LogP contribution is 2.33. The van der Waals surface area contributed by atoms with Crippen molar-refractivity contribution < 1.29 is 19.1 Å². The molecule has 2 N–H and O–H groups in total. The van der Waals surface area contributed by atoms with Gasteiger partial charge in [0.05, 0.1) is 8.95 Å². The first-order valence-corrected chi connectivity index (χ1v) is 11.5. The van der Waals surface area contributed by atoms with Crippen LogP contribution < -0.4 is 20.3 Å². The maximum Gasteiger partial charge on any atom is 0.276 e. The molecule has 0 unspecified atom stereocenters. The molecule has 0 aliphatic carbocycles. The zero-order valence-corrected chi connectivity index (χ0v) is 21.2. The molecule has 32 heavy (non-hydrogen) atoms. The van der Waals surface area contributed by atoms with Gasteiger partial charge in [0.25, 0.3) is 11.8 Å². The van der Waals surface area contributed by atoms with Gasteiger partial charge in [-0.05, 0) is 71.8 Å². The normalized spacial score (nSPS) is 11.2. The Kier molecular flexibility index (Phi) is 7.79. The van der Waals surface area contributed by atoms with Crippen molar-refractivity contribution in [3.05, 3.63) is 69.1 Å². The molecule has 6 nitrogen and oxygen atoms in total. The second kappa shape index (κ2) is 10.4. The number of amides is 2. The molecule has 0 spiro atoms. The van der Waals surface area contributed by atoms with E-state index in [0.717, 1.165) is 25.3 Å². The third-order valence-electron chi connectivity index (χ3n) is 4.68. The zero-order chi connectivity index (χ0) is 23.3. The van der Waals surface area contributed by atoms with Crippen LogP contribution in [-0.4, -0.2) is 25.0 Å². The summed E-state index contributed by atoms with van der Waals surface area (Å²) in [6.07, 6.45) is 0. The molecule has 0 aromatic heterocycles. The molecule has 2 amide bonds. The topological polar surface area (TPSA) is 76.7 Å². The lowest BCUT2D eigenvalue weighted by Gasteiger charge is -2.20. The number of rotatable bonds is 6. The number of hydrogen-bond acceptors (Lipinski definition) is 4. The molecule has 0 heterocycles. The molecule has 0 saturated carbocycles. The summed E-state index contributed by atoms with van der Waals surface area (Å²) in [5.74, 6) is 0.104. The van der Waals surface area contributed by atoms with Gasteiger partial charge in [-0.1, -0.05) is 57.2 Å². The van der Waals surface area contributed by atoms with Gasteiger partial charge in [0.15, 0.2) is 13.2 Å². The highest BCUT2D eigenvalue weighted by atomic mass is 79.9. The molecule has 0 radical (unpaired) electrons. The van der Waals surface area contributed by atoms with E-state index in [9.17, 15) is 9.59 Å². The molecular weight excluding hydrogens is 540 g/mol. The summed E-state index contributed by atoms with van der Waals surface area (Å²) in [5.41, 5.74) is 5.79. The number of halogens is 2. The molecule has 168 valence electrons. The van der Waals surface area contributed by atoms with E-state index in [-0.39, 0.29) is 18.6 Å². The van der Waals surface area contributed by atoms with Gasteiger partial charge in [0, 0.05) is 0 Å². The summed E-state index contributed by atoms with van der Waals surface area (Å²) >= 11 is 6.98. The average molecular weight is 564 g/mol. The highest BCUT2D eigenvalue weighted by molar-refractivity contribution is 9.11. The Morgan fingerprint density at radius 1 is 0.844 bits per heavy atom. The molecule has 0 aliphatic heterocycles. The quantitative estimate of drug-likeness (QED) is 0.401. The summed E-state index contributed by atoms with van der Waals surface area (Å²) in [7, 11) is 0. The first kappa shape index (κ1) is 24.1. The van der Waals surface area contributed by atoms with Gasteiger partial charge in [-0.25, -0.2) is 0 Å². The summed E-state index contributed by atoms with van der Waals surface area (Å²) < 4.78 is 12.6. The van der Waals surface area contributed by atoms with E-state index in [0.29, 0.717) is 11.5 Å². The van der Waals surface area contributed by atoms with Crippen molar-refractivity contribution in [2.45, 2.75) is 26.2 Å². The largest absolute Gasteiger partial charge is 0.483 e. The van der Waals surface area contributed by atoms with E-state index >= 15 is 0 Å². The van der Waals surface area contributed by atoms with Crippen molar-refractivity contribution >= 4 is 54.4 Å². The first-order valence-electron chi connectivity index (χ1n) is 9.95. The van der Waals surface area contributed by atoms with Gasteiger partial charge < -0.3 is 9.47 Å². The lowest BCUT2D eigenvalue weighted by atomic mass is 9.87. The van der Waals surface area contributed by atoms with Gasteiger partial charge in [0.2, 0.25) is 0 Å². The van der Waals surface area contributed by atoms with E-state index < -0.39 is 11.8 Å². The smallest absolute Gasteiger partial charge is 0.276 e. The van der Waals surface area contributed by atoms with Crippen LogP contribution in [-0.2, 0) is 15.0 Å². The average Bonchev–Trinajstić information content (AvgIpc) is 2.76. The molecule has 0 saturated heterocycles. The number of hydrazine groups is 1. The Morgan fingerprint density at radius 2 is 1.44 bits per heavy atom. The van der Waals surface area contributed by atoms with Crippen molar-refractivity contribution in [2.75, 3.05) is 13.2 Å². The van der Waals surface area contributed by atoms with Crippen LogP contribution in [0.2, 0.25) is 0 Å². The molecular formula is C24H24Br2N2O4.